The smallest absolute Gasteiger partial charge is 0.260 e. The highest BCUT2D eigenvalue weighted by Crippen LogP contribution is 2.33. The molecule has 1 fully saturated rings. The Labute approximate surface area is 192 Å². The quantitative estimate of drug-likeness (QED) is 0.457. The van der Waals surface area contributed by atoms with Crippen molar-refractivity contribution in [2.45, 2.75) is 38.6 Å². The topological polar surface area (TPSA) is 106 Å². The second-order valence-corrected chi connectivity index (χ2v) is 8.72. The van der Waals surface area contributed by atoms with E-state index in [1.807, 2.05) is 12.1 Å². The molecule has 2 heterocycles. The van der Waals surface area contributed by atoms with Crippen molar-refractivity contribution in [1.29, 1.82) is 0 Å². The number of nitrogens with one attached hydrogen (secondary N) is 1. The van der Waals surface area contributed by atoms with Gasteiger partial charge < -0.3 is 20.1 Å². The molecule has 0 atom stereocenters. The third-order valence-electron chi connectivity index (χ3n) is 6.76. The first-order valence-corrected chi connectivity index (χ1v) is 11.4. The van der Waals surface area contributed by atoms with Crippen LogP contribution in [0.15, 0.2) is 40.1 Å². The van der Waals surface area contributed by atoms with E-state index in [2.05, 4.69) is 16.0 Å². The van der Waals surface area contributed by atoms with Gasteiger partial charge in [0.1, 0.15) is 5.84 Å². The van der Waals surface area contributed by atoms with Gasteiger partial charge in [-0.25, -0.2) is 9.98 Å². The van der Waals surface area contributed by atoms with Gasteiger partial charge >= 0.3 is 0 Å². The van der Waals surface area contributed by atoms with Crippen molar-refractivity contribution < 1.29 is 9.47 Å². The Balaban J connectivity index is 1.45. The molecule has 172 valence electrons. The minimum atomic E-state index is -0.204. The van der Waals surface area contributed by atoms with Crippen molar-refractivity contribution in [2.24, 2.45) is 16.6 Å². The van der Waals surface area contributed by atoms with Crippen LogP contribution in [-0.4, -0.2) is 36.6 Å². The van der Waals surface area contributed by atoms with Crippen molar-refractivity contribution in [3.8, 4) is 11.5 Å². The van der Waals surface area contributed by atoms with E-state index in [-0.39, 0.29) is 5.56 Å². The lowest BCUT2D eigenvalue weighted by atomic mass is 9.98. The van der Waals surface area contributed by atoms with Crippen molar-refractivity contribution in [3.05, 3.63) is 51.8 Å². The fourth-order valence-electron chi connectivity index (χ4n) is 4.93. The molecule has 1 aromatic heterocycles. The van der Waals surface area contributed by atoms with E-state index in [4.69, 9.17) is 25.2 Å². The zero-order valence-corrected chi connectivity index (χ0v) is 19.1. The number of methoxy groups -OCH3 is 2. The number of benzene rings is 2. The fraction of sp³-hybridized carbons (Fsp3) is 0.400. The number of nitrogens with two attached hydrogens (primary N) is 1. The van der Waals surface area contributed by atoms with Crippen LogP contribution < -0.4 is 25.7 Å². The van der Waals surface area contributed by atoms with Gasteiger partial charge in [-0.1, -0.05) is 25.0 Å². The maximum absolute atomic E-state index is 12.8. The lowest BCUT2D eigenvalue weighted by Crippen LogP contribution is -2.33. The first kappa shape index (κ1) is 21.3. The molecule has 5 rings (SSSR count). The summed E-state index contributed by atoms with van der Waals surface area (Å²) in [7, 11) is 3.11. The molecule has 0 unspecified atom stereocenters. The molecule has 0 bridgehead atoms. The number of fused-ring (bicyclic) bond motifs is 2. The molecule has 3 aromatic rings. The summed E-state index contributed by atoms with van der Waals surface area (Å²) in [5.41, 5.74) is 10.1. The number of ether oxygens (including phenoxy) is 2. The number of aliphatic imine (C=N–C) groups is 1. The van der Waals surface area contributed by atoms with Crippen LogP contribution >= 0.6 is 0 Å². The summed E-state index contributed by atoms with van der Waals surface area (Å²) in [6.07, 6.45) is 5.54. The standard InChI is InChI=1S/C25H29N5O3/c1-32-21-12-18-20(13-22(21)33-2)28-25(29-24(18)31)30-11-10-17-16(14-30)8-5-9-19(17)27-23(26)15-6-3-4-7-15/h5,8-9,12-13,15H,3-4,6-7,10-11,14H2,1-2H3,(H2,26,27)(H,28,29,31). The zero-order chi connectivity index (χ0) is 22.9. The molecule has 0 radical (unpaired) electrons. The molecule has 0 saturated heterocycles. The highest BCUT2D eigenvalue weighted by atomic mass is 16.5. The summed E-state index contributed by atoms with van der Waals surface area (Å²) >= 11 is 0. The molecule has 33 heavy (non-hydrogen) atoms. The van der Waals surface area contributed by atoms with Crippen LogP contribution in [0.5, 0.6) is 11.5 Å². The average molecular weight is 448 g/mol. The van der Waals surface area contributed by atoms with Crippen LogP contribution in [0.4, 0.5) is 11.6 Å². The Morgan fingerprint density at radius 1 is 1.18 bits per heavy atom. The van der Waals surface area contributed by atoms with Crippen molar-refractivity contribution in [1.82, 2.24) is 9.97 Å². The summed E-state index contributed by atoms with van der Waals surface area (Å²) in [6, 6.07) is 9.58. The summed E-state index contributed by atoms with van der Waals surface area (Å²) in [5, 5.41) is 0.466. The Kier molecular flexibility index (Phi) is 5.66. The number of amidine groups is 1. The van der Waals surface area contributed by atoms with Gasteiger partial charge in [-0.2, -0.15) is 0 Å². The number of aromatic nitrogens is 2. The van der Waals surface area contributed by atoms with Crippen LogP contribution in [-0.2, 0) is 13.0 Å². The molecule has 1 saturated carbocycles. The second-order valence-electron chi connectivity index (χ2n) is 8.72. The summed E-state index contributed by atoms with van der Waals surface area (Å²) in [6.45, 7) is 1.37. The normalized spacial score (nSPS) is 16.8. The largest absolute Gasteiger partial charge is 0.493 e. The number of nitrogens with zero attached hydrogens (tertiary/aromatic N) is 3. The monoisotopic (exact) mass is 447 g/mol. The number of hydrogen-bond donors (Lipinski definition) is 2. The maximum Gasteiger partial charge on any atom is 0.260 e. The molecular weight excluding hydrogens is 418 g/mol. The Hall–Kier alpha value is -3.55. The van der Waals surface area contributed by atoms with Gasteiger partial charge in [-0.3, -0.25) is 9.78 Å². The maximum atomic E-state index is 12.8. The van der Waals surface area contributed by atoms with Gasteiger partial charge in [0.25, 0.3) is 5.56 Å². The fourth-order valence-corrected chi connectivity index (χ4v) is 4.93. The first-order valence-electron chi connectivity index (χ1n) is 11.4. The number of hydrogen-bond acceptors (Lipinski definition) is 6. The molecular formula is C25H29N5O3. The van der Waals surface area contributed by atoms with E-state index in [0.29, 0.717) is 40.8 Å². The predicted molar refractivity (Wildman–Crippen MR) is 130 cm³/mol. The summed E-state index contributed by atoms with van der Waals surface area (Å²) in [4.78, 5) is 27.4. The Morgan fingerprint density at radius 2 is 1.94 bits per heavy atom. The number of aromatic amines is 1. The molecule has 0 spiro atoms. The molecule has 1 aliphatic carbocycles. The number of H-pyrrole nitrogens is 1. The van der Waals surface area contributed by atoms with E-state index < -0.39 is 0 Å². The van der Waals surface area contributed by atoms with Gasteiger partial charge in [0, 0.05) is 25.1 Å². The molecule has 8 nitrogen and oxygen atoms in total. The lowest BCUT2D eigenvalue weighted by molar-refractivity contribution is 0.355. The third kappa shape index (κ3) is 4.01. The highest BCUT2D eigenvalue weighted by molar-refractivity contribution is 5.86. The number of rotatable bonds is 5. The van der Waals surface area contributed by atoms with E-state index in [1.54, 1.807) is 26.4 Å². The van der Waals surface area contributed by atoms with Crippen LogP contribution in [0.1, 0.15) is 36.8 Å². The number of anilines is 1. The molecule has 1 aliphatic heterocycles. The zero-order valence-electron chi connectivity index (χ0n) is 19.1. The first-order chi connectivity index (χ1) is 16.1. The molecule has 0 amide bonds. The van der Waals surface area contributed by atoms with Gasteiger partial charge in [0.2, 0.25) is 5.95 Å². The van der Waals surface area contributed by atoms with Crippen molar-refractivity contribution >= 4 is 28.4 Å². The Bertz CT molecular complexity index is 1280. The predicted octanol–water partition coefficient (Wildman–Crippen LogP) is 3.68. The SMILES string of the molecule is COc1cc2nc(N3CCc4c(cccc4N=C(N)C4CCCC4)C3)[nH]c(=O)c2cc1OC. The highest BCUT2D eigenvalue weighted by Gasteiger charge is 2.23. The molecule has 3 N–H and O–H groups in total. The van der Waals surface area contributed by atoms with Crippen LogP contribution in [0.25, 0.3) is 10.9 Å². The lowest BCUT2D eigenvalue weighted by Gasteiger charge is -2.30. The average Bonchev–Trinajstić information content (AvgIpc) is 3.38. The molecule has 2 aliphatic rings. The van der Waals surface area contributed by atoms with Gasteiger partial charge in [-0.15, -0.1) is 0 Å². The Morgan fingerprint density at radius 3 is 2.70 bits per heavy atom. The van der Waals surface area contributed by atoms with Crippen molar-refractivity contribution in [2.75, 3.05) is 25.7 Å². The molecule has 2 aromatic carbocycles. The van der Waals surface area contributed by atoms with Crippen LogP contribution in [0.2, 0.25) is 0 Å². The van der Waals surface area contributed by atoms with Gasteiger partial charge in [0.15, 0.2) is 11.5 Å². The van der Waals surface area contributed by atoms with E-state index in [0.717, 1.165) is 37.3 Å². The van der Waals surface area contributed by atoms with Gasteiger partial charge in [-0.05, 0) is 42.5 Å². The van der Waals surface area contributed by atoms with Crippen molar-refractivity contribution in [3.63, 3.8) is 0 Å². The van der Waals surface area contributed by atoms with Gasteiger partial charge in [0.05, 0.1) is 30.8 Å². The van der Waals surface area contributed by atoms with Crippen LogP contribution in [0.3, 0.4) is 0 Å². The van der Waals surface area contributed by atoms with Crippen LogP contribution in [0, 0.1) is 5.92 Å². The molecule has 8 heteroatoms. The van der Waals surface area contributed by atoms with E-state index in [9.17, 15) is 4.79 Å². The third-order valence-corrected chi connectivity index (χ3v) is 6.76. The minimum Gasteiger partial charge on any atom is -0.493 e. The summed E-state index contributed by atoms with van der Waals surface area (Å²) in [5.74, 6) is 2.75. The van der Waals surface area contributed by atoms with E-state index >= 15 is 0 Å². The second kappa shape index (κ2) is 8.77. The minimum absolute atomic E-state index is 0.204. The summed E-state index contributed by atoms with van der Waals surface area (Å²) < 4.78 is 10.7. The van der Waals surface area contributed by atoms with E-state index in [1.165, 1.54) is 24.0 Å².